The summed E-state index contributed by atoms with van der Waals surface area (Å²) >= 11 is 0. The second-order valence-electron chi connectivity index (χ2n) is 7.73. The Kier molecular flexibility index (Phi) is 7.24. The van der Waals surface area contributed by atoms with E-state index in [-0.39, 0.29) is 11.8 Å². The predicted molar refractivity (Wildman–Crippen MR) is 117 cm³/mol. The Balaban J connectivity index is 2.05. The molecule has 2 aromatic carbocycles. The van der Waals surface area contributed by atoms with Crippen molar-refractivity contribution in [1.29, 1.82) is 0 Å². The smallest absolute Gasteiger partial charge is 0.227 e. The van der Waals surface area contributed by atoms with Gasteiger partial charge in [0.2, 0.25) is 5.88 Å². The van der Waals surface area contributed by atoms with Crippen LogP contribution in [0.5, 0.6) is 11.6 Å². The first-order valence-electron chi connectivity index (χ1n) is 10.4. The van der Waals surface area contributed by atoms with E-state index in [1.165, 1.54) is 6.07 Å². The summed E-state index contributed by atoms with van der Waals surface area (Å²) in [4.78, 5) is 2.18. The largest absolute Gasteiger partial charge is 0.435 e. The summed E-state index contributed by atoms with van der Waals surface area (Å²) in [6, 6.07) is 16.2. The molecule has 5 nitrogen and oxygen atoms in total. The van der Waals surface area contributed by atoms with Gasteiger partial charge in [-0.15, -0.1) is 0 Å². The molecular weight excluding hydrogens is 381 g/mol. The van der Waals surface area contributed by atoms with Crippen molar-refractivity contribution in [3.8, 4) is 17.3 Å². The summed E-state index contributed by atoms with van der Waals surface area (Å²) < 4.78 is 22.2. The number of aryl methyl sites for hydroxylation is 1. The zero-order chi connectivity index (χ0) is 21.7. The first-order valence-corrected chi connectivity index (χ1v) is 10.4. The van der Waals surface area contributed by atoms with Gasteiger partial charge in [0.05, 0.1) is 23.0 Å². The van der Waals surface area contributed by atoms with E-state index < -0.39 is 11.9 Å². The van der Waals surface area contributed by atoms with E-state index in [0.717, 1.165) is 16.9 Å². The first-order chi connectivity index (χ1) is 14.4. The zero-order valence-electron chi connectivity index (χ0n) is 18.0. The van der Waals surface area contributed by atoms with Crippen molar-refractivity contribution in [2.45, 2.75) is 52.8 Å². The Morgan fingerprint density at radius 3 is 2.40 bits per heavy atom. The number of para-hydroxylation sites is 2. The molecule has 30 heavy (non-hydrogen) atoms. The van der Waals surface area contributed by atoms with Gasteiger partial charge in [0.15, 0.2) is 11.6 Å². The molecule has 0 amide bonds. The van der Waals surface area contributed by atoms with Crippen LogP contribution >= 0.6 is 0 Å². The highest BCUT2D eigenvalue weighted by Crippen LogP contribution is 2.33. The standard InChI is InChI=1S/C24H30FN3O2/c1-5-20(29)15-27(17(2)3)16-21-18(4)26-28(19-11-7-6-8-12-19)24(21)30-23-14-10-9-13-22(23)25/h6-14,17,20,29H,5,15-16H2,1-4H3/t20-/m1/s1. The van der Waals surface area contributed by atoms with Crippen LogP contribution < -0.4 is 4.74 Å². The molecule has 1 N–H and O–H groups in total. The average Bonchev–Trinajstić information content (AvgIpc) is 3.05. The lowest BCUT2D eigenvalue weighted by atomic mass is 10.1. The third-order valence-electron chi connectivity index (χ3n) is 5.19. The van der Waals surface area contributed by atoms with Gasteiger partial charge in [-0.3, -0.25) is 4.90 Å². The van der Waals surface area contributed by atoms with Crippen LogP contribution in [0.1, 0.15) is 38.4 Å². The van der Waals surface area contributed by atoms with E-state index >= 15 is 0 Å². The summed E-state index contributed by atoms with van der Waals surface area (Å²) in [5.41, 5.74) is 2.52. The number of halogens is 1. The molecule has 0 aliphatic carbocycles. The second-order valence-corrected chi connectivity index (χ2v) is 7.73. The molecule has 0 spiro atoms. The summed E-state index contributed by atoms with van der Waals surface area (Å²) in [7, 11) is 0. The van der Waals surface area contributed by atoms with Gasteiger partial charge in [-0.05, 0) is 51.5 Å². The van der Waals surface area contributed by atoms with E-state index in [1.54, 1.807) is 22.9 Å². The van der Waals surface area contributed by atoms with Crippen LogP contribution in [0.25, 0.3) is 5.69 Å². The minimum absolute atomic E-state index is 0.153. The number of aliphatic hydroxyl groups is 1. The molecule has 3 rings (SSSR count). The number of aromatic nitrogens is 2. The topological polar surface area (TPSA) is 50.5 Å². The van der Waals surface area contributed by atoms with Crippen molar-refractivity contribution in [1.82, 2.24) is 14.7 Å². The molecule has 0 bridgehead atoms. The van der Waals surface area contributed by atoms with Gasteiger partial charge in [0, 0.05) is 19.1 Å². The monoisotopic (exact) mass is 411 g/mol. The molecule has 160 valence electrons. The fraction of sp³-hybridized carbons (Fsp3) is 0.375. The van der Waals surface area contributed by atoms with Gasteiger partial charge in [-0.25, -0.2) is 9.07 Å². The molecule has 0 aliphatic heterocycles. The van der Waals surface area contributed by atoms with E-state index in [2.05, 4.69) is 18.7 Å². The summed E-state index contributed by atoms with van der Waals surface area (Å²) in [5, 5.41) is 14.9. The third-order valence-corrected chi connectivity index (χ3v) is 5.19. The van der Waals surface area contributed by atoms with Gasteiger partial charge in [-0.2, -0.15) is 5.10 Å². The number of nitrogens with zero attached hydrogens (tertiary/aromatic N) is 3. The highest BCUT2D eigenvalue weighted by atomic mass is 19.1. The number of hydrogen-bond donors (Lipinski definition) is 1. The van der Waals surface area contributed by atoms with Gasteiger partial charge < -0.3 is 9.84 Å². The maximum Gasteiger partial charge on any atom is 0.227 e. The zero-order valence-corrected chi connectivity index (χ0v) is 18.0. The molecule has 0 radical (unpaired) electrons. The molecule has 1 atom stereocenters. The minimum Gasteiger partial charge on any atom is -0.435 e. The van der Waals surface area contributed by atoms with Crippen LogP contribution in [0.15, 0.2) is 54.6 Å². The number of hydrogen-bond acceptors (Lipinski definition) is 4. The highest BCUT2D eigenvalue weighted by Gasteiger charge is 2.24. The Morgan fingerprint density at radius 2 is 1.77 bits per heavy atom. The maximum atomic E-state index is 14.4. The minimum atomic E-state index is -0.427. The van der Waals surface area contributed by atoms with Gasteiger partial charge in [-0.1, -0.05) is 37.3 Å². The molecule has 0 saturated carbocycles. The number of benzene rings is 2. The Morgan fingerprint density at radius 1 is 1.10 bits per heavy atom. The van der Waals surface area contributed by atoms with Crippen LogP contribution in [-0.4, -0.2) is 38.5 Å². The summed E-state index contributed by atoms with van der Waals surface area (Å²) in [5.74, 6) is 0.213. The van der Waals surface area contributed by atoms with Crippen LogP contribution in [0, 0.1) is 12.7 Å². The Bertz CT molecular complexity index is 956. The summed E-state index contributed by atoms with van der Waals surface area (Å²) in [6.07, 6.45) is 0.275. The number of ether oxygens (including phenoxy) is 1. The van der Waals surface area contributed by atoms with Crippen LogP contribution in [-0.2, 0) is 6.54 Å². The Hall–Kier alpha value is -2.70. The first kappa shape index (κ1) is 22.0. The summed E-state index contributed by atoms with van der Waals surface area (Å²) in [6.45, 7) is 9.17. The van der Waals surface area contributed by atoms with E-state index in [4.69, 9.17) is 9.84 Å². The molecule has 0 fully saturated rings. The van der Waals surface area contributed by atoms with E-state index in [0.29, 0.717) is 25.4 Å². The lowest BCUT2D eigenvalue weighted by molar-refractivity contribution is 0.0875. The average molecular weight is 412 g/mol. The second kappa shape index (κ2) is 9.87. The van der Waals surface area contributed by atoms with Crippen molar-refractivity contribution in [3.63, 3.8) is 0 Å². The van der Waals surface area contributed by atoms with Crippen molar-refractivity contribution in [2.24, 2.45) is 0 Å². The Labute approximate surface area is 177 Å². The number of aliphatic hydroxyl groups excluding tert-OH is 1. The quantitative estimate of drug-likeness (QED) is 0.533. The lowest BCUT2D eigenvalue weighted by Gasteiger charge is -2.28. The highest BCUT2D eigenvalue weighted by molar-refractivity contribution is 5.43. The van der Waals surface area contributed by atoms with Crippen molar-refractivity contribution < 1.29 is 14.2 Å². The molecule has 3 aromatic rings. The SMILES string of the molecule is CC[C@@H](O)CN(Cc1c(C)nn(-c2ccccc2)c1Oc1ccccc1F)C(C)C. The molecule has 0 aliphatic rings. The normalized spacial score (nSPS) is 12.5. The third kappa shape index (κ3) is 5.07. The van der Waals surface area contributed by atoms with Crippen LogP contribution in [0.2, 0.25) is 0 Å². The fourth-order valence-corrected chi connectivity index (χ4v) is 3.26. The molecular formula is C24H30FN3O2. The van der Waals surface area contributed by atoms with Gasteiger partial charge >= 0.3 is 0 Å². The molecule has 0 saturated heterocycles. The molecule has 6 heteroatoms. The van der Waals surface area contributed by atoms with Crippen LogP contribution in [0.4, 0.5) is 4.39 Å². The maximum absolute atomic E-state index is 14.4. The lowest BCUT2D eigenvalue weighted by Crippen LogP contribution is -2.37. The molecule has 0 unspecified atom stereocenters. The molecule has 1 aromatic heterocycles. The van der Waals surface area contributed by atoms with E-state index in [1.807, 2.05) is 44.2 Å². The molecule has 1 heterocycles. The number of rotatable bonds is 9. The van der Waals surface area contributed by atoms with E-state index in [9.17, 15) is 9.50 Å². The van der Waals surface area contributed by atoms with Crippen molar-refractivity contribution in [2.75, 3.05) is 6.54 Å². The van der Waals surface area contributed by atoms with Gasteiger partial charge in [0.25, 0.3) is 0 Å². The predicted octanol–water partition coefficient (Wildman–Crippen LogP) is 5.09. The van der Waals surface area contributed by atoms with Crippen LogP contribution in [0.3, 0.4) is 0 Å². The fourth-order valence-electron chi connectivity index (χ4n) is 3.26. The van der Waals surface area contributed by atoms with Crippen molar-refractivity contribution in [3.05, 3.63) is 71.7 Å². The van der Waals surface area contributed by atoms with Gasteiger partial charge in [0.1, 0.15) is 0 Å². The van der Waals surface area contributed by atoms with Crippen molar-refractivity contribution >= 4 is 0 Å².